The molecule has 7 aromatic rings. The Bertz CT molecular complexity index is 2860. The van der Waals surface area contributed by atoms with Gasteiger partial charge in [-0.2, -0.15) is 0 Å². The summed E-state index contributed by atoms with van der Waals surface area (Å²) in [6.45, 7) is 1.73. The van der Waals surface area contributed by atoms with Crippen molar-refractivity contribution in [2.45, 2.75) is 25.9 Å². The van der Waals surface area contributed by atoms with Crippen LogP contribution in [0, 0.1) is 6.92 Å². The van der Waals surface area contributed by atoms with Crippen molar-refractivity contribution in [1.82, 2.24) is 44.9 Å². The Morgan fingerprint density at radius 2 is 0.753 bits per heavy atom. The van der Waals surface area contributed by atoms with Crippen molar-refractivity contribution in [3.8, 4) is 17.1 Å². The zero-order chi connectivity index (χ0) is 54.3. The molecular weight excluding hydrogens is 1250 g/mol. The van der Waals surface area contributed by atoms with Crippen LogP contribution in [0.4, 0.5) is 11.4 Å². The first kappa shape index (κ1) is 61.3. The lowest BCUT2D eigenvalue weighted by molar-refractivity contribution is 0.420. The van der Waals surface area contributed by atoms with Crippen LogP contribution in [0.25, 0.3) is 46.5 Å². The van der Waals surface area contributed by atoms with Crippen molar-refractivity contribution >= 4 is 220 Å². The maximum atomic E-state index is 5.91. The molecule has 0 aliphatic carbocycles. The lowest BCUT2D eigenvalue weighted by atomic mass is 10.0. The molecule has 0 aliphatic rings. The maximum absolute atomic E-state index is 5.91. The smallest absolute Gasteiger partial charge is 0.250 e. The third kappa shape index (κ3) is 18.3. The Balaban J connectivity index is 0.000000203. The molecule has 0 fully saturated rings. The highest BCUT2D eigenvalue weighted by atomic mass is 35.6. The van der Waals surface area contributed by atoms with Gasteiger partial charge in [-0.15, -0.1) is 0 Å². The van der Waals surface area contributed by atoms with E-state index in [9.17, 15) is 0 Å². The number of fused-ring (bicyclic) bond motifs is 1. The SMILES string of the molecule is CN(C)c1ccc(C=Cc2nc(C(Cl)(Cl)Cl)nc(C(Cl)(Cl)Cl)n2)cc1.CN(C)c1ccc(C=Cc2nc(C(Cl)(Cl)Cl)nc(C(Cl)(Cl)Cl)n2)cc1.COc1ccc(-c2nc(C)nc(C(Cl)(Cl)Cl)n2)c2ccccc12. The number of halogens is 15. The molecule has 4 aromatic carbocycles. The van der Waals surface area contributed by atoms with E-state index in [1.165, 1.54) is 0 Å². The van der Waals surface area contributed by atoms with E-state index in [-0.39, 0.29) is 40.8 Å². The largest absolute Gasteiger partial charge is 0.496 e. The summed E-state index contributed by atoms with van der Waals surface area (Å²) in [6, 6.07) is 27.3. The molecule has 0 N–H and O–H groups in total. The Morgan fingerprint density at radius 1 is 0.397 bits per heavy atom. The summed E-state index contributed by atoms with van der Waals surface area (Å²) in [7, 11) is 9.49. The molecule has 27 heteroatoms. The van der Waals surface area contributed by atoms with E-state index in [0.29, 0.717) is 11.6 Å². The van der Waals surface area contributed by atoms with Gasteiger partial charge in [0.1, 0.15) is 11.6 Å². The second kappa shape index (κ2) is 25.7. The van der Waals surface area contributed by atoms with Crippen molar-refractivity contribution in [1.29, 1.82) is 0 Å². The normalized spacial score (nSPS) is 12.3. The number of nitrogens with zero attached hydrogens (tertiary/aromatic N) is 11. The first-order valence-electron chi connectivity index (χ1n) is 20.4. The van der Waals surface area contributed by atoms with Crippen molar-refractivity contribution in [2.75, 3.05) is 45.1 Å². The molecule has 0 amide bonds. The summed E-state index contributed by atoms with van der Waals surface area (Å²) in [5.41, 5.74) is 4.83. The molecule has 0 radical (unpaired) electrons. The topological polar surface area (TPSA) is 132 Å². The van der Waals surface area contributed by atoms with Gasteiger partial charge in [-0.25, -0.2) is 44.9 Å². The summed E-state index contributed by atoms with van der Waals surface area (Å²) >= 11 is 87.8. The van der Waals surface area contributed by atoms with E-state index >= 15 is 0 Å². The van der Waals surface area contributed by atoms with E-state index in [1.807, 2.05) is 123 Å². The van der Waals surface area contributed by atoms with E-state index in [2.05, 4.69) is 44.9 Å². The number of aryl methyl sites for hydroxylation is 1. The van der Waals surface area contributed by atoms with Crippen molar-refractivity contribution in [3.05, 3.63) is 143 Å². The van der Waals surface area contributed by atoms with Gasteiger partial charge in [-0.3, -0.25) is 0 Å². The van der Waals surface area contributed by atoms with E-state index < -0.39 is 19.0 Å². The first-order valence-corrected chi connectivity index (χ1v) is 26.1. The summed E-state index contributed by atoms with van der Waals surface area (Å²) in [5, 5.41) is 1.91. The van der Waals surface area contributed by atoms with E-state index in [0.717, 1.165) is 44.6 Å². The van der Waals surface area contributed by atoms with Gasteiger partial charge in [0.25, 0.3) is 0 Å². The number of rotatable bonds is 8. The molecule has 3 aromatic heterocycles. The first-order chi connectivity index (χ1) is 33.8. The van der Waals surface area contributed by atoms with Gasteiger partial charge in [0, 0.05) is 50.5 Å². The van der Waals surface area contributed by atoms with Crippen LogP contribution in [0.2, 0.25) is 0 Å². The molecule has 0 saturated heterocycles. The van der Waals surface area contributed by atoms with Gasteiger partial charge in [0.2, 0.25) is 19.0 Å². The number of alkyl halides is 15. The fraction of sp³-hybridized carbons (Fsp3) is 0.239. The third-order valence-corrected chi connectivity index (χ3v) is 11.9. The second-order valence-corrected chi connectivity index (χ2v) is 26.6. The molecule has 7 rings (SSSR count). The van der Waals surface area contributed by atoms with Crippen LogP contribution < -0.4 is 14.5 Å². The van der Waals surface area contributed by atoms with Crippen molar-refractivity contribution in [2.24, 2.45) is 0 Å². The highest BCUT2D eigenvalue weighted by Gasteiger charge is 2.35. The third-order valence-electron chi connectivity index (χ3n) is 9.33. The number of aromatic nitrogens is 9. The molecule has 0 bridgehead atoms. The molecule has 73 heavy (non-hydrogen) atoms. The highest BCUT2D eigenvalue weighted by Crippen LogP contribution is 2.42. The highest BCUT2D eigenvalue weighted by molar-refractivity contribution is 6.68. The lowest BCUT2D eigenvalue weighted by Gasteiger charge is -2.14. The number of hydrogen-bond donors (Lipinski definition) is 0. The van der Waals surface area contributed by atoms with Gasteiger partial charge in [-0.1, -0.05) is 235 Å². The Kier molecular flexibility index (Phi) is 21.6. The molecule has 0 saturated carbocycles. The van der Waals surface area contributed by atoms with Gasteiger partial charge in [0.05, 0.1) is 7.11 Å². The van der Waals surface area contributed by atoms with Gasteiger partial charge in [0.15, 0.2) is 46.6 Å². The monoisotopic (exact) mass is 1280 g/mol. The van der Waals surface area contributed by atoms with E-state index in [1.54, 1.807) is 38.3 Å². The van der Waals surface area contributed by atoms with E-state index in [4.69, 9.17) is 179 Å². The number of anilines is 2. The molecule has 0 unspecified atom stereocenters. The van der Waals surface area contributed by atoms with Gasteiger partial charge >= 0.3 is 0 Å². The molecule has 0 atom stereocenters. The van der Waals surface area contributed by atoms with Crippen molar-refractivity contribution < 1.29 is 4.74 Å². The Labute approximate surface area is 496 Å². The number of ether oxygens (including phenoxy) is 1. The fourth-order valence-electron chi connectivity index (χ4n) is 5.92. The van der Waals surface area contributed by atoms with Crippen LogP contribution in [0.1, 0.15) is 57.7 Å². The molecule has 12 nitrogen and oxygen atoms in total. The molecule has 386 valence electrons. The molecular formula is C46H36Cl15N11O. The van der Waals surface area contributed by atoms with Crippen molar-refractivity contribution in [3.63, 3.8) is 0 Å². The summed E-state index contributed by atoms with van der Waals surface area (Å²) in [6.07, 6.45) is 6.82. The average Bonchev–Trinajstić information content (AvgIpc) is 3.31. The molecule has 3 heterocycles. The predicted molar refractivity (Wildman–Crippen MR) is 309 cm³/mol. The number of hydrogen-bond acceptors (Lipinski definition) is 12. The molecule has 0 aliphatic heterocycles. The maximum Gasteiger partial charge on any atom is 0.250 e. The van der Waals surface area contributed by atoms with Crippen LogP contribution >= 0.6 is 174 Å². The summed E-state index contributed by atoms with van der Waals surface area (Å²) in [4.78, 5) is 41.0. The quantitative estimate of drug-likeness (QED) is 0.134. The minimum absolute atomic E-state index is 0.102. The minimum atomic E-state index is -1.87. The van der Waals surface area contributed by atoms with Crippen LogP contribution in [-0.4, -0.2) is 80.2 Å². The fourth-order valence-corrected chi connectivity index (χ4v) is 7.19. The van der Waals surface area contributed by atoms with Gasteiger partial charge in [-0.05, 0) is 72.0 Å². The standard InChI is InChI=1S/C16H12Cl3N3O.2C15H12Cl6N4/c1-9-20-14(22-15(21-9)16(17,18)19)12-7-8-13(23-2)11-6-4-3-5-10(11)12;2*1-25(2)10-6-3-9(4-7-10)5-8-11-22-12(14(16,17)18)24-13(23-11)15(19,20)21/h3-8H,1-2H3;2*3-8H,1-2H3. The summed E-state index contributed by atoms with van der Waals surface area (Å²) < 4.78 is -3.79. The van der Waals surface area contributed by atoms with Crippen LogP contribution in [0.15, 0.2) is 84.9 Å². The van der Waals surface area contributed by atoms with Gasteiger partial charge < -0.3 is 14.5 Å². The zero-order valence-electron chi connectivity index (χ0n) is 38.4. The lowest BCUT2D eigenvalue weighted by Crippen LogP contribution is -2.16. The van der Waals surface area contributed by atoms with Crippen LogP contribution in [0.3, 0.4) is 0 Å². The second-order valence-electron chi connectivity index (χ2n) is 15.2. The zero-order valence-corrected chi connectivity index (χ0v) is 49.7. The number of methoxy groups -OCH3 is 1. The Morgan fingerprint density at radius 3 is 1.10 bits per heavy atom. The van der Waals surface area contributed by atoms with Crippen LogP contribution in [-0.2, 0) is 19.0 Å². The average molecular weight is 1290 g/mol. The van der Waals surface area contributed by atoms with Crippen LogP contribution in [0.5, 0.6) is 5.75 Å². The number of benzene rings is 4. The predicted octanol–water partition coefficient (Wildman–Crippen LogP) is 16.4. The minimum Gasteiger partial charge on any atom is -0.496 e. The summed E-state index contributed by atoms with van der Waals surface area (Å²) in [5.74, 6) is 1.71. The Hall–Kier alpha value is -2.60. The molecule has 0 spiro atoms.